The van der Waals surface area contributed by atoms with Gasteiger partial charge in [-0.05, 0) is 54.1 Å². The normalized spacial score (nSPS) is 18.4. The molecule has 0 bridgehead atoms. The third kappa shape index (κ3) is 3.54. The highest BCUT2D eigenvalue weighted by Gasteiger charge is 2.47. The van der Waals surface area contributed by atoms with Crippen LogP contribution in [0.25, 0.3) is 5.76 Å². The fraction of sp³-hybridized carbons (Fsp3) is 0.0909. The smallest absolute Gasteiger partial charge is 0.296 e. The first-order chi connectivity index (χ1) is 14.0. The summed E-state index contributed by atoms with van der Waals surface area (Å²) in [6.45, 7) is 0.0492. The summed E-state index contributed by atoms with van der Waals surface area (Å²) >= 11 is 5.89. The van der Waals surface area contributed by atoms with Crippen LogP contribution in [0.4, 0.5) is 4.39 Å². The zero-order valence-corrected chi connectivity index (χ0v) is 15.8. The highest BCUT2D eigenvalue weighted by Crippen LogP contribution is 2.40. The minimum atomic E-state index is -0.911. The molecule has 1 unspecified atom stereocenters. The first-order valence-electron chi connectivity index (χ1n) is 8.78. The van der Waals surface area contributed by atoms with Crippen LogP contribution in [0.3, 0.4) is 0 Å². The van der Waals surface area contributed by atoms with Crippen molar-refractivity contribution < 1.29 is 23.5 Å². The number of nitrogens with zero attached hydrogens (tertiary/aromatic N) is 1. The highest BCUT2D eigenvalue weighted by molar-refractivity contribution is 6.46. The largest absolute Gasteiger partial charge is 0.507 e. The molecule has 1 aliphatic rings. The fourth-order valence-corrected chi connectivity index (χ4v) is 3.46. The van der Waals surface area contributed by atoms with Gasteiger partial charge >= 0.3 is 0 Å². The van der Waals surface area contributed by atoms with E-state index in [0.29, 0.717) is 21.9 Å². The van der Waals surface area contributed by atoms with Gasteiger partial charge in [-0.3, -0.25) is 9.59 Å². The number of amides is 1. The molecule has 0 aliphatic carbocycles. The Bertz CT molecular complexity index is 1090. The van der Waals surface area contributed by atoms with E-state index in [1.54, 1.807) is 36.4 Å². The van der Waals surface area contributed by atoms with E-state index in [4.69, 9.17) is 16.0 Å². The standard InChI is InChI=1S/C22H15ClFNO4/c23-15-7-5-14(6-8-15)20(26)18-19(17-2-1-11-29-17)25(22(28)21(18)27)12-13-3-9-16(24)10-4-13/h1-11,19,26H,12H2/b20-18-. The zero-order valence-electron chi connectivity index (χ0n) is 15.0. The van der Waals surface area contributed by atoms with Crippen molar-refractivity contribution in [3.63, 3.8) is 0 Å². The number of ketones is 1. The number of aliphatic hydroxyl groups is 1. The predicted octanol–water partition coefficient (Wildman–Crippen LogP) is 4.69. The molecule has 4 rings (SSSR count). The third-order valence-electron chi connectivity index (χ3n) is 4.74. The summed E-state index contributed by atoms with van der Waals surface area (Å²) in [5, 5.41) is 11.3. The van der Waals surface area contributed by atoms with Crippen molar-refractivity contribution >= 4 is 29.1 Å². The fourth-order valence-electron chi connectivity index (χ4n) is 3.34. The van der Waals surface area contributed by atoms with Gasteiger partial charge < -0.3 is 14.4 Å². The number of benzene rings is 2. The van der Waals surface area contributed by atoms with Crippen molar-refractivity contribution in [3.05, 3.63) is 100 Å². The number of aliphatic hydroxyl groups excluding tert-OH is 1. The van der Waals surface area contributed by atoms with Crippen LogP contribution in [0, 0.1) is 5.82 Å². The summed E-state index contributed by atoms with van der Waals surface area (Å²) in [5.74, 6) is -1.97. The number of halogens is 2. The molecular weight excluding hydrogens is 397 g/mol. The van der Waals surface area contributed by atoms with E-state index in [1.807, 2.05) is 0 Å². The first-order valence-corrected chi connectivity index (χ1v) is 9.15. The van der Waals surface area contributed by atoms with Crippen molar-refractivity contribution in [1.82, 2.24) is 4.90 Å². The summed E-state index contributed by atoms with van der Waals surface area (Å²) < 4.78 is 18.7. The van der Waals surface area contributed by atoms with Crippen molar-refractivity contribution in [2.45, 2.75) is 12.6 Å². The summed E-state index contributed by atoms with van der Waals surface area (Å²) in [4.78, 5) is 26.9. The Balaban J connectivity index is 1.81. The Hall–Kier alpha value is -3.38. The van der Waals surface area contributed by atoms with Gasteiger partial charge in [0, 0.05) is 17.1 Å². The SMILES string of the molecule is O=C1C(=O)N(Cc2ccc(F)cc2)C(c2ccco2)/C1=C(/O)c1ccc(Cl)cc1. The molecule has 0 saturated carbocycles. The van der Waals surface area contributed by atoms with Crippen LogP contribution in [0.1, 0.15) is 22.9 Å². The van der Waals surface area contributed by atoms with E-state index in [0.717, 1.165) is 0 Å². The predicted molar refractivity (Wildman–Crippen MR) is 104 cm³/mol. The van der Waals surface area contributed by atoms with E-state index in [-0.39, 0.29) is 17.9 Å². The number of rotatable bonds is 4. The molecule has 1 aliphatic heterocycles. The maximum Gasteiger partial charge on any atom is 0.296 e. The monoisotopic (exact) mass is 411 g/mol. The first kappa shape index (κ1) is 19.0. The van der Waals surface area contributed by atoms with Gasteiger partial charge in [0.2, 0.25) is 0 Å². The van der Waals surface area contributed by atoms with Crippen LogP contribution in [0.2, 0.25) is 5.02 Å². The quantitative estimate of drug-likeness (QED) is 0.384. The van der Waals surface area contributed by atoms with E-state index in [1.165, 1.54) is 35.4 Å². The van der Waals surface area contributed by atoms with Crippen LogP contribution >= 0.6 is 11.6 Å². The Kier molecular flexibility index (Phi) is 4.94. The second-order valence-electron chi connectivity index (χ2n) is 6.58. The number of likely N-dealkylation sites (tertiary alicyclic amines) is 1. The number of hydrogen-bond donors (Lipinski definition) is 1. The summed E-state index contributed by atoms with van der Waals surface area (Å²) in [5.41, 5.74) is 0.913. The van der Waals surface area contributed by atoms with Gasteiger partial charge in [0.05, 0.1) is 11.8 Å². The number of Topliss-reactive ketones (excluding diaryl/α,β-unsaturated/α-hetero) is 1. The lowest BCUT2D eigenvalue weighted by atomic mass is 9.99. The lowest BCUT2D eigenvalue weighted by Crippen LogP contribution is -2.29. The van der Waals surface area contributed by atoms with Crippen LogP contribution in [-0.4, -0.2) is 21.7 Å². The average molecular weight is 412 g/mol. The summed E-state index contributed by atoms with van der Waals surface area (Å²) in [6, 6.07) is 14.3. The maximum atomic E-state index is 13.2. The van der Waals surface area contributed by atoms with Crippen molar-refractivity contribution in [2.24, 2.45) is 0 Å². The molecule has 1 aromatic heterocycles. The number of hydrogen-bond acceptors (Lipinski definition) is 4. The zero-order chi connectivity index (χ0) is 20.5. The average Bonchev–Trinajstić information content (AvgIpc) is 3.32. The molecule has 0 spiro atoms. The third-order valence-corrected chi connectivity index (χ3v) is 4.99. The molecule has 0 radical (unpaired) electrons. The number of carbonyl (C=O) groups excluding carboxylic acids is 2. The Morgan fingerprint density at radius 1 is 1.07 bits per heavy atom. The van der Waals surface area contributed by atoms with Crippen molar-refractivity contribution in [3.8, 4) is 0 Å². The molecule has 2 aromatic carbocycles. The van der Waals surface area contributed by atoms with Gasteiger partial charge in [-0.15, -0.1) is 0 Å². The van der Waals surface area contributed by atoms with Crippen molar-refractivity contribution in [1.29, 1.82) is 0 Å². The van der Waals surface area contributed by atoms with E-state index < -0.39 is 23.5 Å². The molecule has 5 nitrogen and oxygen atoms in total. The lowest BCUT2D eigenvalue weighted by Gasteiger charge is -2.23. The van der Waals surface area contributed by atoms with E-state index in [2.05, 4.69) is 0 Å². The van der Waals surface area contributed by atoms with Gasteiger partial charge in [0.25, 0.3) is 11.7 Å². The molecule has 1 atom stereocenters. The van der Waals surface area contributed by atoms with Crippen molar-refractivity contribution in [2.75, 3.05) is 0 Å². The molecule has 3 aromatic rings. The highest BCUT2D eigenvalue weighted by atomic mass is 35.5. The van der Waals surface area contributed by atoms with Crippen LogP contribution in [0.15, 0.2) is 76.9 Å². The molecule has 1 amide bonds. The van der Waals surface area contributed by atoms with Crippen LogP contribution in [-0.2, 0) is 16.1 Å². The number of furan rings is 1. The minimum Gasteiger partial charge on any atom is -0.507 e. The topological polar surface area (TPSA) is 70.8 Å². The molecule has 7 heteroatoms. The Morgan fingerprint density at radius 3 is 2.38 bits per heavy atom. The van der Waals surface area contributed by atoms with Gasteiger partial charge in [-0.1, -0.05) is 23.7 Å². The molecule has 1 fully saturated rings. The molecule has 146 valence electrons. The van der Waals surface area contributed by atoms with Gasteiger partial charge in [0.15, 0.2) is 0 Å². The lowest BCUT2D eigenvalue weighted by molar-refractivity contribution is -0.140. The minimum absolute atomic E-state index is 0.0492. The second kappa shape index (κ2) is 7.56. The van der Waals surface area contributed by atoms with Crippen LogP contribution < -0.4 is 0 Å². The van der Waals surface area contributed by atoms with Crippen LogP contribution in [0.5, 0.6) is 0 Å². The van der Waals surface area contributed by atoms with Gasteiger partial charge in [-0.2, -0.15) is 0 Å². The Morgan fingerprint density at radius 2 is 1.76 bits per heavy atom. The molecule has 1 N–H and O–H groups in total. The van der Waals surface area contributed by atoms with Gasteiger partial charge in [0.1, 0.15) is 23.4 Å². The Labute approximate surface area is 170 Å². The second-order valence-corrected chi connectivity index (χ2v) is 7.01. The summed E-state index contributed by atoms with van der Waals surface area (Å²) in [6.07, 6.45) is 1.43. The summed E-state index contributed by atoms with van der Waals surface area (Å²) in [7, 11) is 0. The maximum absolute atomic E-state index is 13.2. The van der Waals surface area contributed by atoms with E-state index >= 15 is 0 Å². The molecule has 29 heavy (non-hydrogen) atoms. The number of carbonyl (C=O) groups is 2. The molecular formula is C22H15ClFNO4. The molecule has 1 saturated heterocycles. The molecule has 2 heterocycles. The van der Waals surface area contributed by atoms with Gasteiger partial charge in [-0.25, -0.2) is 4.39 Å². The van der Waals surface area contributed by atoms with E-state index in [9.17, 15) is 19.1 Å².